The van der Waals surface area contributed by atoms with Crippen LogP contribution >= 0.6 is 0 Å². The molecule has 64 valence electrons. The van der Waals surface area contributed by atoms with E-state index < -0.39 is 6.29 Å². The third-order valence-corrected chi connectivity index (χ3v) is 1.05. The van der Waals surface area contributed by atoms with Crippen LogP contribution in [0.1, 0.15) is 46.5 Å². The fourth-order valence-electron chi connectivity index (χ4n) is 0.258. The van der Waals surface area contributed by atoms with Gasteiger partial charge in [-0.15, -0.1) is 0 Å². The monoisotopic (exact) mass is 148 g/mol. The summed E-state index contributed by atoms with van der Waals surface area (Å²) < 4.78 is 0. The number of aliphatic hydroxyl groups excluding tert-OH is 1. The zero-order chi connectivity index (χ0) is 8.41. The van der Waals surface area contributed by atoms with Crippen molar-refractivity contribution in [2.45, 2.75) is 52.7 Å². The lowest BCUT2D eigenvalue weighted by molar-refractivity contribution is -0.0453. The van der Waals surface area contributed by atoms with Crippen molar-refractivity contribution in [2.24, 2.45) is 0 Å². The largest absolute Gasteiger partial charge is 0.368 e. The summed E-state index contributed by atoms with van der Waals surface area (Å²) in [4.78, 5) is 0. The molecular weight excluding hydrogens is 128 g/mol. The Morgan fingerprint density at radius 2 is 1.30 bits per heavy atom. The average Bonchev–Trinajstić information content (AvgIpc) is 1.89. The third kappa shape index (κ3) is 24.7. The van der Waals surface area contributed by atoms with Crippen molar-refractivity contribution < 1.29 is 10.2 Å². The van der Waals surface area contributed by atoms with Crippen LogP contribution in [0.5, 0.6) is 0 Å². The molecule has 0 saturated heterocycles. The van der Waals surface area contributed by atoms with Gasteiger partial charge in [-0.25, -0.2) is 0 Å². The number of hydrogen-bond donors (Lipinski definition) is 2. The molecule has 0 atom stereocenters. The molecule has 0 rings (SSSR count). The number of aliphatic hydroxyl groups is 2. The van der Waals surface area contributed by atoms with Crippen LogP contribution in [0.4, 0.5) is 0 Å². The molecule has 0 aromatic carbocycles. The summed E-state index contributed by atoms with van der Waals surface area (Å²) in [5.41, 5.74) is 0. The maximum Gasteiger partial charge on any atom is 0.151 e. The summed E-state index contributed by atoms with van der Waals surface area (Å²) in [5, 5.41) is 16.2. The van der Waals surface area contributed by atoms with E-state index >= 15 is 0 Å². The van der Waals surface area contributed by atoms with Crippen molar-refractivity contribution in [1.82, 2.24) is 0 Å². The van der Waals surface area contributed by atoms with Gasteiger partial charge in [-0.3, -0.25) is 0 Å². The highest BCUT2D eigenvalue weighted by Gasteiger charge is 1.89. The van der Waals surface area contributed by atoms with E-state index in [-0.39, 0.29) is 0 Å². The lowest BCUT2D eigenvalue weighted by Crippen LogP contribution is -2.01. The van der Waals surface area contributed by atoms with E-state index in [0.29, 0.717) is 6.42 Å². The second-order valence-corrected chi connectivity index (χ2v) is 2.27. The summed E-state index contributed by atoms with van der Waals surface area (Å²) in [6.45, 7) is 6.26. The highest BCUT2D eigenvalue weighted by molar-refractivity contribution is 4.31. The molecule has 2 heteroatoms. The van der Waals surface area contributed by atoms with E-state index in [4.69, 9.17) is 10.2 Å². The molecule has 0 fully saturated rings. The van der Waals surface area contributed by atoms with Crippen molar-refractivity contribution in [3.8, 4) is 0 Å². The number of rotatable bonds is 3. The molecule has 10 heavy (non-hydrogen) atoms. The standard InChI is InChI=1S/C4H10O2.C4H10/c1-2-3-4(5)6;1-3-4-2/h4-6H,2-3H2,1H3;3-4H2,1-2H3. The van der Waals surface area contributed by atoms with Crippen molar-refractivity contribution in [1.29, 1.82) is 0 Å². The van der Waals surface area contributed by atoms with E-state index in [1.165, 1.54) is 12.8 Å². The SMILES string of the molecule is CCCC.CCCC(O)O. The van der Waals surface area contributed by atoms with Crippen LogP contribution in [0.3, 0.4) is 0 Å². The smallest absolute Gasteiger partial charge is 0.151 e. The van der Waals surface area contributed by atoms with Crippen molar-refractivity contribution >= 4 is 0 Å². The zero-order valence-corrected chi connectivity index (χ0v) is 7.30. The normalized spacial score (nSPS) is 9.00. The van der Waals surface area contributed by atoms with Gasteiger partial charge in [0, 0.05) is 0 Å². The maximum absolute atomic E-state index is 8.11. The fraction of sp³-hybridized carbons (Fsp3) is 1.00. The van der Waals surface area contributed by atoms with Gasteiger partial charge in [-0.05, 0) is 6.42 Å². The van der Waals surface area contributed by atoms with Crippen molar-refractivity contribution in [2.75, 3.05) is 0 Å². The second-order valence-electron chi connectivity index (χ2n) is 2.27. The molecule has 2 N–H and O–H groups in total. The third-order valence-electron chi connectivity index (χ3n) is 1.05. The Morgan fingerprint density at radius 3 is 1.30 bits per heavy atom. The minimum Gasteiger partial charge on any atom is -0.368 e. The molecule has 0 aliphatic carbocycles. The van der Waals surface area contributed by atoms with Gasteiger partial charge in [-0.1, -0.05) is 40.0 Å². The quantitative estimate of drug-likeness (QED) is 0.600. The first-order valence-electron chi connectivity index (χ1n) is 4.05. The molecule has 0 amide bonds. The van der Waals surface area contributed by atoms with Gasteiger partial charge in [0.1, 0.15) is 0 Å². The predicted molar refractivity (Wildman–Crippen MR) is 43.7 cm³/mol. The molecule has 0 radical (unpaired) electrons. The van der Waals surface area contributed by atoms with E-state index in [1.54, 1.807) is 0 Å². The Labute approximate surface area is 63.9 Å². The van der Waals surface area contributed by atoms with Gasteiger partial charge in [0.25, 0.3) is 0 Å². The summed E-state index contributed by atoms with van der Waals surface area (Å²) in [6, 6.07) is 0. The van der Waals surface area contributed by atoms with Crippen LogP contribution in [0.25, 0.3) is 0 Å². The highest BCUT2D eigenvalue weighted by atomic mass is 16.5. The molecule has 0 bridgehead atoms. The predicted octanol–water partition coefficient (Wildman–Crippen LogP) is 1.90. The van der Waals surface area contributed by atoms with Gasteiger partial charge in [0.05, 0.1) is 0 Å². The topological polar surface area (TPSA) is 40.5 Å². The molecule has 0 saturated carbocycles. The Bertz CT molecular complexity index is 42.5. The lowest BCUT2D eigenvalue weighted by atomic mass is 10.3. The summed E-state index contributed by atoms with van der Waals surface area (Å²) in [6.07, 6.45) is 2.85. The van der Waals surface area contributed by atoms with Gasteiger partial charge in [0.15, 0.2) is 6.29 Å². The van der Waals surface area contributed by atoms with E-state index in [1.807, 2.05) is 6.92 Å². The van der Waals surface area contributed by atoms with Gasteiger partial charge < -0.3 is 10.2 Å². The van der Waals surface area contributed by atoms with E-state index in [2.05, 4.69) is 13.8 Å². The molecule has 0 unspecified atom stereocenters. The van der Waals surface area contributed by atoms with Crippen molar-refractivity contribution in [3.05, 3.63) is 0 Å². The van der Waals surface area contributed by atoms with Crippen LogP contribution in [0, 0.1) is 0 Å². The Morgan fingerprint density at radius 1 is 0.900 bits per heavy atom. The van der Waals surface area contributed by atoms with Crippen LogP contribution < -0.4 is 0 Å². The first-order valence-corrected chi connectivity index (χ1v) is 4.05. The van der Waals surface area contributed by atoms with Crippen molar-refractivity contribution in [3.63, 3.8) is 0 Å². The highest BCUT2D eigenvalue weighted by Crippen LogP contribution is 1.88. The van der Waals surface area contributed by atoms with Crippen LogP contribution in [-0.2, 0) is 0 Å². The summed E-state index contributed by atoms with van der Waals surface area (Å²) in [7, 11) is 0. The summed E-state index contributed by atoms with van der Waals surface area (Å²) in [5.74, 6) is 0. The minimum absolute atomic E-state index is 0.486. The molecular formula is C8H20O2. The maximum atomic E-state index is 8.11. The Kier molecular flexibility index (Phi) is 14.7. The fourth-order valence-corrected chi connectivity index (χ4v) is 0.258. The first kappa shape index (κ1) is 12.6. The molecule has 0 aliphatic heterocycles. The molecule has 2 nitrogen and oxygen atoms in total. The molecule has 0 aromatic heterocycles. The van der Waals surface area contributed by atoms with Gasteiger partial charge in [-0.2, -0.15) is 0 Å². The van der Waals surface area contributed by atoms with Crippen LogP contribution in [0.2, 0.25) is 0 Å². The second kappa shape index (κ2) is 11.7. The zero-order valence-electron chi connectivity index (χ0n) is 7.30. The molecule has 0 aromatic rings. The molecule has 0 heterocycles. The number of hydrogen-bond acceptors (Lipinski definition) is 2. The van der Waals surface area contributed by atoms with Crippen LogP contribution in [0.15, 0.2) is 0 Å². The van der Waals surface area contributed by atoms with Gasteiger partial charge in [0.2, 0.25) is 0 Å². The Hall–Kier alpha value is -0.0800. The average molecular weight is 148 g/mol. The molecule has 0 aliphatic rings. The lowest BCUT2D eigenvalue weighted by Gasteiger charge is -1.94. The summed E-state index contributed by atoms with van der Waals surface area (Å²) >= 11 is 0. The van der Waals surface area contributed by atoms with Gasteiger partial charge >= 0.3 is 0 Å². The van der Waals surface area contributed by atoms with E-state index in [9.17, 15) is 0 Å². The van der Waals surface area contributed by atoms with Crippen LogP contribution in [-0.4, -0.2) is 16.5 Å². The number of unbranched alkanes of at least 4 members (excludes halogenated alkanes) is 1. The van der Waals surface area contributed by atoms with E-state index in [0.717, 1.165) is 6.42 Å². The minimum atomic E-state index is -1.10. The first-order chi connectivity index (χ1) is 4.68. The Balaban J connectivity index is 0. The molecule has 0 spiro atoms.